The lowest BCUT2D eigenvalue weighted by Gasteiger charge is -2.15. The van der Waals surface area contributed by atoms with Crippen LogP contribution in [0.1, 0.15) is 20.3 Å². The van der Waals surface area contributed by atoms with Crippen LogP contribution < -0.4 is 16.4 Å². The van der Waals surface area contributed by atoms with Crippen molar-refractivity contribution in [3.8, 4) is 0 Å². The first-order chi connectivity index (χ1) is 8.97. The van der Waals surface area contributed by atoms with Crippen LogP contribution in [-0.4, -0.2) is 23.4 Å². The van der Waals surface area contributed by atoms with Crippen molar-refractivity contribution >= 4 is 23.0 Å². The second-order valence-corrected chi connectivity index (χ2v) is 4.16. The van der Waals surface area contributed by atoms with Gasteiger partial charge in [-0.05, 0) is 25.5 Å². The molecule has 4 N–H and O–H groups in total. The molecule has 7 heteroatoms. The number of carbonyl (C=O) groups excluding carboxylic acids is 1. The lowest BCUT2D eigenvalue weighted by atomic mass is 10.2. The summed E-state index contributed by atoms with van der Waals surface area (Å²) < 4.78 is 0. The van der Waals surface area contributed by atoms with Gasteiger partial charge in [-0.1, -0.05) is 13.0 Å². The number of hydrogen-bond acceptors (Lipinski definition) is 5. The van der Waals surface area contributed by atoms with Gasteiger partial charge in [-0.25, -0.2) is 0 Å². The minimum Gasteiger partial charge on any atom is -0.393 e. The third-order valence-electron chi connectivity index (χ3n) is 2.56. The Morgan fingerprint density at radius 2 is 2.21 bits per heavy atom. The molecule has 1 aromatic carbocycles. The average Bonchev–Trinajstić information content (AvgIpc) is 2.35. The predicted octanol–water partition coefficient (Wildman–Crippen LogP) is 1.50. The third-order valence-corrected chi connectivity index (χ3v) is 2.56. The second-order valence-electron chi connectivity index (χ2n) is 4.16. The van der Waals surface area contributed by atoms with Crippen LogP contribution in [0.25, 0.3) is 0 Å². The molecule has 0 bridgehead atoms. The summed E-state index contributed by atoms with van der Waals surface area (Å²) in [6.07, 6.45) is 0.830. The molecular formula is C12H18N4O3. The van der Waals surface area contributed by atoms with Gasteiger partial charge in [0.2, 0.25) is 5.91 Å². The maximum atomic E-state index is 11.7. The number of rotatable bonds is 6. The van der Waals surface area contributed by atoms with E-state index in [1.54, 1.807) is 13.0 Å². The zero-order valence-electron chi connectivity index (χ0n) is 11.0. The number of anilines is 2. The van der Waals surface area contributed by atoms with Crippen LogP contribution >= 0.6 is 0 Å². The van der Waals surface area contributed by atoms with E-state index in [2.05, 4.69) is 10.6 Å². The summed E-state index contributed by atoms with van der Waals surface area (Å²) in [5, 5.41) is 16.5. The van der Waals surface area contributed by atoms with Crippen molar-refractivity contribution in [2.45, 2.75) is 26.3 Å². The maximum Gasteiger partial charge on any atom is 0.314 e. The third kappa shape index (κ3) is 3.84. The van der Waals surface area contributed by atoms with Crippen molar-refractivity contribution in [1.29, 1.82) is 0 Å². The van der Waals surface area contributed by atoms with Gasteiger partial charge < -0.3 is 16.4 Å². The van der Waals surface area contributed by atoms with Gasteiger partial charge in [0.25, 0.3) is 0 Å². The fourth-order valence-corrected chi connectivity index (χ4v) is 1.58. The predicted molar refractivity (Wildman–Crippen MR) is 73.9 cm³/mol. The van der Waals surface area contributed by atoms with Crippen molar-refractivity contribution < 1.29 is 9.72 Å². The summed E-state index contributed by atoms with van der Waals surface area (Å²) in [7, 11) is 0. The molecule has 0 saturated carbocycles. The highest BCUT2D eigenvalue weighted by atomic mass is 16.6. The molecule has 0 spiro atoms. The second kappa shape index (κ2) is 6.58. The van der Waals surface area contributed by atoms with Gasteiger partial charge in [-0.2, -0.15) is 0 Å². The van der Waals surface area contributed by atoms with Gasteiger partial charge in [-0.3, -0.25) is 14.9 Å². The maximum absolute atomic E-state index is 11.7. The van der Waals surface area contributed by atoms with Crippen LogP contribution in [0.3, 0.4) is 0 Å². The molecule has 0 radical (unpaired) electrons. The van der Waals surface area contributed by atoms with E-state index in [-0.39, 0.29) is 23.0 Å². The Hall–Kier alpha value is -2.31. The summed E-state index contributed by atoms with van der Waals surface area (Å²) in [5.74, 6) is -0.210. The van der Waals surface area contributed by atoms with Crippen LogP contribution in [0.15, 0.2) is 18.2 Å². The summed E-state index contributed by atoms with van der Waals surface area (Å²) in [4.78, 5) is 22.1. The molecule has 19 heavy (non-hydrogen) atoms. The Morgan fingerprint density at radius 3 is 2.79 bits per heavy atom. The van der Waals surface area contributed by atoms with E-state index in [0.717, 1.165) is 6.42 Å². The quantitative estimate of drug-likeness (QED) is 0.410. The van der Waals surface area contributed by atoms with Crippen LogP contribution in [0.2, 0.25) is 0 Å². The van der Waals surface area contributed by atoms with E-state index in [1.165, 1.54) is 12.1 Å². The van der Waals surface area contributed by atoms with E-state index >= 15 is 0 Å². The smallest absolute Gasteiger partial charge is 0.314 e. The highest BCUT2D eigenvalue weighted by molar-refractivity contribution is 5.86. The van der Waals surface area contributed by atoms with Crippen LogP contribution in [0.5, 0.6) is 0 Å². The lowest BCUT2D eigenvalue weighted by Crippen LogP contribution is -2.38. The summed E-state index contributed by atoms with van der Waals surface area (Å²) in [5.41, 5.74) is 5.67. The van der Waals surface area contributed by atoms with Crippen molar-refractivity contribution in [2.24, 2.45) is 0 Å². The molecule has 1 aromatic rings. The van der Waals surface area contributed by atoms with Gasteiger partial charge in [0.05, 0.1) is 4.92 Å². The Bertz CT molecular complexity index is 476. The molecule has 1 amide bonds. The van der Waals surface area contributed by atoms with Gasteiger partial charge in [0, 0.05) is 6.54 Å². The number of hydrogen-bond donors (Lipinski definition) is 3. The number of nitrogens with one attached hydrogen (secondary N) is 2. The molecule has 0 aliphatic carbocycles. The number of nitro groups is 1. The fraction of sp³-hybridized carbons (Fsp3) is 0.417. The first kappa shape index (κ1) is 14.7. The number of amides is 1. The van der Waals surface area contributed by atoms with Crippen LogP contribution in [0, 0.1) is 10.1 Å². The molecule has 104 valence electrons. The number of nitrogen functional groups attached to an aromatic ring is 1. The molecule has 1 atom stereocenters. The Morgan fingerprint density at radius 1 is 1.53 bits per heavy atom. The Balaban J connectivity index is 2.85. The highest BCUT2D eigenvalue weighted by Crippen LogP contribution is 2.30. The van der Waals surface area contributed by atoms with E-state index < -0.39 is 11.0 Å². The summed E-state index contributed by atoms with van der Waals surface area (Å²) in [6, 6.07) is 4.00. The monoisotopic (exact) mass is 266 g/mol. The van der Waals surface area contributed by atoms with E-state index in [9.17, 15) is 14.9 Å². The van der Waals surface area contributed by atoms with E-state index in [4.69, 9.17) is 5.73 Å². The van der Waals surface area contributed by atoms with Crippen LogP contribution in [0.4, 0.5) is 17.1 Å². The minimum absolute atomic E-state index is 0.0659. The van der Waals surface area contributed by atoms with E-state index in [1.807, 2.05) is 6.92 Å². The van der Waals surface area contributed by atoms with Gasteiger partial charge in [0.15, 0.2) is 0 Å². The molecule has 1 unspecified atom stereocenters. The molecule has 1 rings (SSSR count). The molecule has 0 saturated heterocycles. The molecular weight excluding hydrogens is 248 g/mol. The number of nitro benzene ring substituents is 1. The summed E-state index contributed by atoms with van der Waals surface area (Å²) in [6.45, 7) is 4.16. The molecule has 0 fully saturated rings. The molecule has 0 aliphatic heterocycles. The Kier molecular flexibility index (Phi) is 5.11. The van der Waals surface area contributed by atoms with Crippen molar-refractivity contribution in [3.63, 3.8) is 0 Å². The Labute approximate surface area is 111 Å². The standard InChI is InChI=1S/C12H18N4O3/c1-3-7-14-12(17)8(2)15-10-6-4-5-9(13)11(10)16(18)19/h4-6,8,15H,3,7,13H2,1-2H3,(H,14,17). The fourth-order valence-electron chi connectivity index (χ4n) is 1.58. The normalized spacial score (nSPS) is 11.7. The zero-order chi connectivity index (χ0) is 14.4. The molecule has 0 aliphatic rings. The number of carbonyl (C=O) groups is 1. The topological polar surface area (TPSA) is 110 Å². The molecule has 0 aromatic heterocycles. The lowest BCUT2D eigenvalue weighted by molar-refractivity contribution is -0.383. The first-order valence-electron chi connectivity index (χ1n) is 6.04. The largest absolute Gasteiger partial charge is 0.393 e. The first-order valence-corrected chi connectivity index (χ1v) is 6.04. The molecule has 7 nitrogen and oxygen atoms in total. The van der Waals surface area contributed by atoms with Crippen molar-refractivity contribution in [1.82, 2.24) is 5.32 Å². The van der Waals surface area contributed by atoms with E-state index in [0.29, 0.717) is 6.54 Å². The van der Waals surface area contributed by atoms with Crippen molar-refractivity contribution in [2.75, 3.05) is 17.6 Å². The number of nitrogens with two attached hydrogens (primary N) is 1. The zero-order valence-corrected chi connectivity index (χ0v) is 11.0. The number of para-hydroxylation sites is 1. The van der Waals surface area contributed by atoms with Gasteiger partial charge >= 0.3 is 5.69 Å². The minimum atomic E-state index is -0.577. The van der Waals surface area contributed by atoms with Gasteiger partial charge in [-0.15, -0.1) is 0 Å². The number of benzene rings is 1. The SMILES string of the molecule is CCCNC(=O)C(C)Nc1cccc(N)c1[N+](=O)[O-]. The van der Waals surface area contributed by atoms with Crippen molar-refractivity contribution in [3.05, 3.63) is 28.3 Å². The number of nitrogens with zero attached hydrogens (tertiary/aromatic N) is 1. The summed E-state index contributed by atoms with van der Waals surface area (Å²) >= 11 is 0. The average molecular weight is 266 g/mol. The molecule has 0 heterocycles. The van der Waals surface area contributed by atoms with Crippen LogP contribution in [-0.2, 0) is 4.79 Å². The van der Waals surface area contributed by atoms with Gasteiger partial charge in [0.1, 0.15) is 17.4 Å². The highest BCUT2D eigenvalue weighted by Gasteiger charge is 2.21.